The maximum absolute atomic E-state index is 12.9. The highest BCUT2D eigenvalue weighted by molar-refractivity contribution is 8.21. The van der Waals surface area contributed by atoms with E-state index in [1.165, 1.54) is 7.11 Å². The largest absolute Gasteiger partial charge is 0.469 e. The Hall–Kier alpha value is -0.0400. The predicted octanol–water partition coefficient (Wildman–Crippen LogP) is 3.31. The summed E-state index contributed by atoms with van der Waals surface area (Å²) in [5.41, 5.74) is 0. The number of carbonyl (C=O) groups is 1. The van der Waals surface area contributed by atoms with Gasteiger partial charge < -0.3 is 4.74 Å². The Labute approximate surface area is 112 Å². The lowest BCUT2D eigenvalue weighted by Crippen LogP contribution is -2.41. The number of carbonyl (C=O) groups excluding carboxylic acids is 1. The summed E-state index contributed by atoms with van der Waals surface area (Å²) in [6.45, 7) is 0. The average Bonchev–Trinajstić information content (AvgIpc) is 2.74. The van der Waals surface area contributed by atoms with Gasteiger partial charge in [-0.25, -0.2) is 0 Å². The molecule has 2 unspecified atom stereocenters. The number of hydrogen-bond donors (Lipinski definition) is 0. The van der Waals surface area contributed by atoms with Crippen LogP contribution in [0.1, 0.15) is 19.3 Å². The third kappa shape index (κ3) is 2.92. The smallest absolute Gasteiger partial charge is 0.391 e. The predicted molar refractivity (Wildman–Crippen MR) is 66.5 cm³/mol. The molecule has 0 radical (unpaired) electrons. The molecule has 1 aliphatic heterocycles. The van der Waals surface area contributed by atoms with E-state index in [1.54, 1.807) is 23.5 Å². The van der Waals surface area contributed by atoms with Crippen molar-refractivity contribution in [1.82, 2.24) is 0 Å². The topological polar surface area (TPSA) is 26.3 Å². The zero-order valence-electron chi connectivity index (χ0n) is 9.96. The van der Waals surface area contributed by atoms with Gasteiger partial charge in [0.15, 0.2) is 0 Å². The summed E-state index contributed by atoms with van der Waals surface area (Å²) in [6, 6.07) is 0. The second-order valence-electron chi connectivity index (χ2n) is 4.71. The lowest BCUT2D eigenvalue weighted by atomic mass is 9.80. The lowest BCUT2D eigenvalue weighted by Gasteiger charge is -2.40. The molecule has 0 aromatic heterocycles. The Balaban J connectivity index is 2.18. The second kappa shape index (κ2) is 5.15. The minimum atomic E-state index is -4.22. The summed E-state index contributed by atoms with van der Waals surface area (Å²) in [5.74, 6) is -0.773. The van der Waals surface area contributed by atoms with Gasteiger partial charge in [-0.1, -0.05) is 0 Å². The quantitative estimate of drug-likeness (QED) is 0.694. The highest BCUT2D eigenvalue weighted by atomic mass is 32.2. The van der Waals surface area contributed by atoms with Crippen LogP contribution in [0.4, 0.5) is 13.2 Å². The molecule has 1 heterocycles. The number of rotatable bonds is 1. The number of methoxy groups -OCH3 is 1. The monoisotopic (exact) mass is 300 g/mol. The molecule has 0 bridgehead atoms. The van der Waals surface area contributed by atoms with Gasteiger partial charge in [-0.15, -0.1) is 23.5 Å². The van der Waals surface area contributed by atoms with Gasteiger partial charge in [0.05, 0.1) is 23.0 Å². The van der Waals surface area contributed by atoms with Crippen molar-refractivity contribution in [3.63, 3.8) is 0 Å². The Morgan fingerprint density at radius 1 is 1.28 bits per heavy atom. The summed E-state index contributed by atoms with van der Waals surface area (Å²) in [5, 5.41) is 0. The minimum absolute atomic E-state index is 0.124. The van der Waals surface area contributed by atoms with Crippen LogP contribution in [0.25, 0.3) is 0 Å². The molecule has 18 heavy (non-hydrogen) atoms. The zero-order valence-corrected chi connectivity index (χ0v) is 11.6. The molecule has 7 heteroatoms. The summed E-state index contributed by atoms with van der Waals surface area (Å²) in [4.78, 5) is 11.6. The van der Waals surface area contributed by atoms with Crippen molar-refractivity contribution in [3.05, 3.63) is 0 Å². The van der Waals surface area contributed by atoms with E-state index in [0.29, 0.717) is 6.42 Å². The molecule has 2 nitrogen and oxygen atoms in total. The number of alkyl halides is 3. The van der Waals surface area contributed by atoms with Crippen LogP contribution in [0, 0.1) is 11.8 Å². The molecule has 1 aliphatic carbocycles. The summed E-state index contributed by atoms with van der Waals surface area (Å²) >= 11 is 3.14. The van der Waals surface area contributed by atoms with Crippen LogP contribution in [0.3, 0.4) is 0 Å². The molecule has 0 N–H and O–H groups in total. The molecular formula is C11H15F3O2S2. The summed E-state index contributed by atoms with van der Waals surface area (Å²) in [6.07, 6.45) is -3.72. The molecule has 1 saturated heterocycles. The molecule has 104 valence electrons. The maximum Gasteiger partial charge on any atom is 0.391 e. The van der Waals surface area contributed by atoms with Crippen molar-refractivity contribution in [1.29, 1.82) is 0 Å². The van der Waals surface area contributed by atoms with E-state index in [0.717, 1.165) is 11.5 Å². The van der Waals surface area contributed by atoms with Crippen LogP contribution in [0.5, 0.6) is 0 Å². The molecular weight excluding hydrogens is 285 g/mol. The molecule has 0 aromatic rings. The first kappa shape index (κ1) is 14.4. The number of thioether (sulfide) groups is 2. The van der Waals surface area contributed by atoms with Gasteiger partial charge in [0.1, 0.15) is 0 Å². The van der Waals surface area contributed by atoms with Crippen LogP contribution >= 0.6 is 23.5 Å². The fourth-order valence-electron chi connectivity index (χ4n) is 2.67. The first-order chi connectivity index (χ1) is 8.36. The molecule has 1 saturated carbocycles. The van der Waals surface area contributed by atoms with E-state index in [-0.39, 0.29) is 12.8 Å². The number of halogens is 3. The highest BCUT2D eigenvalue weighted by Crippen LogP contribution is 2.58. The number of ether oxygens (including phenoxy) is 1. The van der Waals surface area contributed by atoms with Crippen molar-refractivity contribution in [3.8, 4) is 0 Å². The van der Waals surface area contributed by atoms with Gasteiger partial charge in [-0.3, -0.25) is 4.79 Å². The SMILES string of the molecule is COC(=O)C1CC(C(F)(F)F)CC2(C1)SCCS2. The van der Waals surface area contributed by atoms with Crippen LogP contribution in [-0.4, -0.2) is 34.8 Å². The van der Waals surface area contributed by atoms with Crippen LogP contribution < -0.4 is 0 Å². The standard InChI is InChI=1S/C11H15F3O2S2/c1-16-9(15)7-4-8(11(12,13)14)6-10(5-7)17-2-3-18-10/h7-8H,2-6H2,1H3. The maximum atomic E-state index is 12.9. The van der Waals surface area contributed by atoms with E-state index in [1.807, 2.05) is 0 Å². The Kier molecular flexibility index (Phi) is 4.11. The van der Waals surface area contributed by atoms with Crippen LogP contribution in [0.2, 0.25) is 0 Å². The third-order valence-corrected chi connectivity index (χ3v) is 7.00. The van der Waals surface area contributed by atoms with E-state index in [4.69, 9.17) is 0 Å². The first-order valence-electron chi connectivity index (χ1n) is 5.79. The normalized spacial score (nSPS) is 31.6. The molecule has 1 spiro atoms. The van der Waals surface area contributed by atoms with Gasteiger partial charge in [-0.2, -0.15) is 13.2 Å². The molecule has 2 rings (SSSR count). The number of esters is 1. The van der Waals surface area contributed by atoms with Gasteiger partial charge in [0.2, 0.25) is 0 Å². The Morgan fingerprint density at radius 2 is 1.89 bits per heavy atom. The van der Waals surface area contributed by atoms with Crippen LogP contribution in [0.15, 0.2) is 0 Å². The van der Waals surface area contributed by atoms with Crippen molar-refractivity contribution in [2.75, 3.05) is 18.6 Å². The van der Waals surface area contributed by atoms with Crippen molar-refractivity contribution >= 4 is 29.5 Å². The van der Waals surface area contributed by atoms with Gasteiger partial charge >= 0.3 is 12.1 Å². The van der Waals surface area contributed by atoms with E-state index in [2.05, 4.69) is 4.74 Å². The van der Waals surface area contributed by atoms with Gasteiger partial charge in [0, 0.05) is 11.5 Å². The molecule has 2 fully saturated rings. The fraction of sp³-hybridized carbons (Fsp3) is 0.909. The van der Waals surface area contributed by atoms with E-state index in [9.17, 15) is 18.0 Å². The molecule has 0 aromatic carbocycles. The second-order valence-corrected chi connectivity index (χ2v) is 7.93. The van der Waals surface area contributed by atoms with E-state index >= 15 is 0 Å². The Morgan fingerprint density at radius 3 is 2.39 bits per heavy atom. The summed E-state index contributed by atoms with van der Waals surface area (Å²) in [7, 11) is 1.24. The Bertz CT molecular complexity index is 327. The third-order valence-electron chi connectivity index (χ3n) is 3.49. The average molecular weight is 300 g/mol. The van der Waals surface area contributed by atoms with Crippen LogP contribution in [-0.2, 0) is 9.53 Å². The highest BCUT2D eigenvalue weighted by Gasteiger charge is 2.53. The minimum Gasteiger partial charge on any atom is -0.469 e. The fourth-order valence-corrected chi connectivity index (χ4v) is 6.19. The summed E-state index contributed by atoms with van der Waals surface area (Å²) < 4.78 is 43.0. The van der Waals surface area contributed by atoms with Crippen molar-refractivity contribution in [2.45, 2.75) is 29.5 Å². The molecule has 2 atom stereocenters. The molecule has 2 aliphatic rings. The lowest BCUT2D eigenvalue weighted by molar-refractivity contribution is -0.188. The van der Waals surface area contributed by atoms with Crippen molar-refractivity contribution in [2.24, 2.45) is 11.8 Å². The van der Waals surface area contributed by atoms with Gasteiger partial charge in [0.25, 0.3) is 0 Å². The first-order valence-corrected chi connectivity index (χ1v) is 7.76. The molecule has 0 amide bonds. The number of hydrogen-bond acceptors (Lipinski definition) is 4. The van der Waals surface area contributed by atoms with Gasteiger partial charge in [-0.05, 0) is 19.3 Å². The van der Waals surface area contributed by atoms with Crippen molar-refractivity contribution < 1.29 is 22.7 Å². The zero-order chi connectivity index (χ0) is 13.4. The van der Waals surface area contributed by atoms with E-state index < -0.39 is 28.1 Å².